The van der Waals surface area contributed by atoms with Gasteiger partial charge in [-0.2, -0.15) is 0 Å². The maximum atomic E-state index is 11.8. The van der Waals surface area contributed by atoms with Crippen LogP contribution in [0.3, 0.4) is 0 Å². The summed E-state index contributed by atoms with van der Waals surface area (Å²) in [7, 11) is 1.76. The Balaban J connectivity index is 2.52. The first-order valence-corrected chi connectivity index (χ1v) is 6.39. The Kier molecular flexibility index (Phi) is 4.56. The van der Waals surface area contributed by atoms with Crippen molar-refractivity contribution in [3.05, 3.63) is 22.4 Å². The predicted octanol–water partition coefficient (Wildman–Crippen LogP) is 1.98. The van der Waals surface area contributed by atoms with Crippen molar-refractivity contribution in [3.8, 4) is 0 Å². The van der Waals surface area contributed by atoms with E-state index in [-0.39, 0.29) is 17.2 Å². The number of hydrogen-bond donors (Lipinski definition) is 2. The maximum absolute atomic E-state index is 11.8. The van der Waals surface area contributed by atoms with E-state index in [0.29, 0.717) is 12.1 Å². The van der Waals surface area contributed by atoms with Gasteiger partial charge in [0.25, 0.3) is 5.91 Å². The number of hydrazine groups is 1. The van der Waals surface area contributed by atoms with E-state index in [2.05, 4.69) is 26.8 Å². The minimum Gasteiger partial charge on any atom is -0.345 e. The predicted molar refractivity (Wildman–Crippen MR) is 72.8 cm³/mol. The smallest absolute Gasteiger partial charge is 0.286 e. The molecule has 100 valence electrons. The molecule has 1 aromatic rings. The van der Waals surface area contributed by atoms with Gasteiger partial charge >= 0.3 is 0 Å². The van der Waals surface area contributed by atoms with E-state index in [4.69, 9.17) is 0 Å². The number of nitrogens with one attached hydrogen (secondary N) is 2. The van der Waals surface area contributed by atoms with Gasteiger partial charge in [-0.15, -0.1) is 0 Å². The van der Waals surface area contributed by atoms with E-state index in [1.165, 1.54) is 0 Å². The third kappa shape index (κ3) is 4.52. The van der Waals surface area contributed by atoms with Crippen LogP contribution < -0.4 is 10.9 Å². The van der Waals surface area contributed by atoms with Crippen molar-refractivity contribution in [2.24, 2.45) is 12.5 Å². The molecule has 0 spiro atoms. The molecule has 0 unspecified atom stereocenters. The van der Waals surface area contributed by atoms with Gasteiger partial charge in [-0.05, 0) is 27.4 Å². The second-order valence-electron chi connectivity index (χ2n) is 5.39. The Labute approximate surface area is 115 Å². The monoisotopic (exact) mass is 315 g/mol. The fourth-order valence-corrected chi connectivity index (χ4v) is 1.99. The van der Waals surface area contributed by atoms with E-state index < -0.39 is 0 Å². The highest BCUT2D eigenvalue weighted by atomic mass is 79.9. The van der Waals surface area contributed by atoms with E-state index in [0.717, 1.165) is 4.47 Å². The third-order valence-corrected chi connectivity index (χ3v) is 2.64. The molecule has 0 aliphatic rings. The number of halogens is 1. The van der Waals surface area contributed by atoms with Crippen LogP contribution in [-0.4, -0.2) is 16.4 Å². The standard InChI is InChI=1S/C12H18BrN3O2/c1-12(2,3)6-10(17)14-15-11(18)9-5-8(13)7-16(9)4/h5,7H,6H2,1-4H3,(H,14,17)(H,15,18). The summed E-state index contributed by atoms with van der Waals surface area (Å²) in [5.74, 6) is -0.547. The third-order valence-electron chi connectivity index (χ3n) is 2.21. The highest BCUT2D eigenvalue weighted by Crippen LogP contribution is 2.17. The average molecular weight is 316 g/mol. The molecule has 0 bridgehead atoms. The molecule has 0 aliphatic carbocycles. The van der Waals surface area contributed by atoms with Crippen LogP contribution in [-0.2, 0) is 11.8 Å². The number of hydrogen-bond acceptors (Lipinski definition) is 2. The molecule has 0 saturated heterocycles. The Morgan fingerprint density at radius 2 is 1.94 bits per heavy atom. The first-order valence-electron chi connectivity index (χ1n) is 5.60. The van der Waals surface area contributed by atoms with Crippen LogP contribution in [0.15, 0.2) is 16.7 Å². The summed E-state index contributed by atoms with van der Waals surface area (Å²) in [6.07, 6.45) is 2.12. The first kappa shape index (κ1) is 14.8. The molecule has 0 radical (unpaired) electrons. The molecule has 0 fully saturated rings. The van der Waals surface area contributed by atoms with Crippen LogP contribution in [0, 0.1) is 5.41 Å². The van der Waals surface area contributed by atoms with Gasteiger partial charge in [-0.25, -0.2) is 0 Å². The highest BCUT2D eigenvalue weighted by Gasteiger charge is 2.17. The molecule has 18 heavy (non-hydrogen) atoms. The summed E-state index contributed by atoms with van der Waals surface area (Å²) < 4.78 is 2.49. The topological polar surface area (TPSA) is 63.1 Å². The summed E-state index contributed by atoms with van der Waals surface area (Å²) in [6, 6.07) is 1.69. The molecule has 2 N–H and O–H groups in total. The summed E-state index contributed by atoms with van der Waals surface area (Å²) >= 11 is 3.28. The van der Waals surface area contributed by atoms with Gasteiger partial charge in [-0.3, -0.25) is 20.4 Å². The van der Waals surface area contributed by atoms with Crippen LogP contribution in [0.2, 0.25) is 0 Å². The molecule has 0 atom stereocenters. The van der Waals surface area contributed by atoms with Gasteiger partial charge in [-0.1, -0.05) is 20.8 Å². The van der Waals surface area contributed by atoms with Crippen LogP contribution >= 0.6 is 15.9 Å². The van der Waals surface area contributed by atoms with Crippen LogP contribution in [0.4, 0.5) is 0 Å². The zero-order valence-electron chi connectivity index (χ0n) is 11.0. The van der Waals surface area contributed by atoms with Gasteiger partial charge in [0.2, 0.25) is 5.91 Å². The van der Waals surface area contributed by atoms with Gasteiger partial charge in [0.1, 0.15) is 5.69 Å². The Bertz CT molecular complexity index is 460. The van der Waals surface area contributed by atoms with Crippen molar-refractivity contribution in [3.63, 3.8) is 0 Å². The quantitative estimate of drug-likeness (QED) is 0.820. The van der Waals surface area contributed by atoms with Gasteiger partial charge < -0.3 is 4.57 Å². The highest BCUT2D eigenvalue weighted by molar-refractivity contribution is 9.10. The van der Waals surface area contributed by atoms with E-state index in [1.54, 1.807) is 23.9 Å². The lowest BCUT2D eigenvalue weighted by molar-refractivity contribution is -0.123. The minimum absolute atomic E-state index is 0.108. The van der Waals surface area contributed by atoms with E-state index in [9.17, 15) is 9.59 Å². The van der Waals surface area contributed by atoms with Crippen molar-refractivity contribution in [2.75, 3.05) is 0 Å². The number of carbonyl (C=O) groups is 2. The fraction of sp³-hybridized carbons (Fsp3) is 0.500. The molecule has 0 saturated carbocycles. The lowest BCUT2D eigenvalue weighted by Crippen LogP contribution is -2.43. The fourth-order valence-electron chi connectivity index (χ4n) is 1.47. The van der Waals surface area contributed by atoms with Gasteiger partial charge in [0.15, 0.2) is 0 Å². The molecule has 1 aromatic heterocycles. The van der Waals surface area contributed by atoms with Crippen LogP contribution in [0.5, 0.6) is 0 Å². The molecule has 1 rings (SSSR count). The molecular formula is C12H18BrN3O2. The lowest BCUT2D eigenvalue weighted by Gasteiger charge is -2.17. The summed E-state index contributed by atoms with van der Waals surface area (Å²) in [4.78, 5) is 23.3. The molecule has 0 aliphatic heterocycles. The van der Waals surface area contributed by atoms with Crippen molar-refractivity contribution in [1.82, 2.24) is 15.4 Å². The Morgan fingerprint density at radius 3 is 2.39 bits per heavy atom. The number of aromatic nitrogens is 1. The molecule has 5 nitrogen and oxygen atoms in total. The van der Waals surface area contributed by atoms with Crippen molar-refractivity contribution < 1.29 is 9.59 Å². The second kappa shape index (κ2) is 5.56. The molecule has 2 amide bonds. The Morgan fingerprint density at radius 1 is 1.33 bits per heavy atom. The van der Waals surface area contributed by atoms with E-state index in [1.807, 2.05) is 20.8 Å². The normalized spacial score (nSPS) is 11.2. The summed E-state index contributed by atoms with van der Waals surface area (Å²) in [5.41, 5.74) is 5.16. The first-order chi connectivity index (χ1) is 8.19. The zero-order chi connectivity index (χ0) is 13.9. The largest absolute Gasteiger partial charge is 0.345 e. The van der Waals surface area contributed by atoms with Crippen molar-refractivity contribution in [1.29, 1.82) is 0 Å². The molecule has 6 heteroatoms. The summed E-state index contributed by atoms with van der Waals surface area (Å²) in [5, 5.41) is 0. The second-order valence-corrected chi connectivity index (χ2v) is 6.31. The van der Waals surface area contributed by atoms with Crippen molar-refractivity contribution in [2.45, 2.75) is 27.2 Å². The lowest BCUT2D eigenvalue weighted by atomic mass is 9.92. The number of aryl methyl sites for hydroxylation is 1. The summed E-state index contributed by atoms with van der Waals surface area (Å²) in [6.45, 7) is 5.88. The van der Waals surface area contributed by atoms with Gasteiger partial charge in [0.05, 0.1) is 0 Å². The van der Waals surface area contributed by atoms with Crippen molar-refractivity contribution >= 4 is 27.7 Å². The Hall–Kier alpha value is -1.30. The maximum Gasteiger partial charge on any atom is 0.286 e. The van der Waals surface area contributed by atoms with Gasteiger partial charge in [0, 0.05) is 24.1 Å². The number of carbonyl (C=O) groups excluding carboxylic acids is 2. The molecule has 0 aromatic carbocycles. The molecular weight excluding hydrogens is 298 g/mol. The number of amides is 2. The van der Waals surface area contributed by atoms with E-state index >= 15 is 0 Å². The van der Waals surface area contributed by atoms with Crippen LogP contribution in [0.1, 0.15) is 37.7 Å². The minimum atomic E-state index is -0.342. The van der Waals surface area contributed by atoms with Crippen LogP contribution in [0.25, 0.3) is 0 Å². The molecule has 1 heterocycles. The number of rotatable bonds is 2. The SMILES string of the molecule is Cn1cc(Br)cc1C(=O)NNC(=O)CC(C)(C)C. The average Bonchev–Trinajstić information content (AvgIpc) is 2.52. The number of nitrogens with zero attached hydrogens (tertiary/aromatic N) is 1. The zero-order valence-corrected chi connectivity index (χ0v) is 12.6.